The van der Waals surface area contributed by atoms with Gasteiger partial charge >= 0.3 is 0 Å². The SMILES string of the molecule is COc1ccc(C2(N=C=O)CCC2)cc1S(C)(=O)=O. The minimum absolute atomic E-state index is 0.125. The first-order chi connectivity index (χ1) is 8.93. The lowest BCUT2D eigenvalue weighted by molar-refractivity contribution is 0.255. The van der Waals surface area contributed by atoms with Crippen LogP contribution in [0.25, 0.3) is 0 Å². The van der Waals surface area contributed by atoms with Crippen LogP contribution in [0.5, 0.6) is 5.75 Å². The maximum atomic E-state index is 11.8. The molecule has 0 saturated heterocycles. The van der Waals surface area contributed by atoms with E-state index in [1.807, 2.05) is 0 Å². The molecule has 102 valence electrons. The summed E-state index contributed by atoms with van der Waals surface area (Å²) in [5.74, 6) is 0.302. The molecule has 0 amide bonds. The number of benzene rings is 1. The zero-order valence-electron chi connectivity index (χ0n) is 10.8. The lowest BCUT2D eigenvalue weighted by atomic mass is 9.72. The highest BCUT2D eigenvalue weighted by Gasteiger charge is 2.39. The van der Waals surface area contributed by atoms with Gasteiger partial charge in [0.1, 0.15) is 10.6 Å². The number of methoxy groups -OCH3 is 1. The van der Waals surface area contributed by atoms with Crippen molar-refractivity contribution < 1.29 is 17.9 Å². The van der Waals surface area contributed by atoms with E-state index >= 15 is 0 Å². The summed E-state index contributed by atoms with van der Waals surface area (Å²) in [4.78, 5) is 14.6. The smallest absolute Gasteiger partial charge is 0.235 e. The number of hydrogen-bond donors (Lipinski definition) is 0. The fourth-order valence-electron chi connectivity index (χ4n) is 2.32. The molecule has 0 heterocycles. The first kappa shape index (κ1) is 13.8. The molecule has 5 nitrogen and oxygen atoms in total. The normalized spacial score (nSPS) is 17.2. The van der Waals surface area contributed by atoms with Crippen LogP contribution < -0.4 is 4.74 Å². The lowest BCUT2D eigenvalue weighted by Gasteiger charge is -2.37. The molecule has 6 heteroatoms. The molecule has 1 saturated carbocycles. The van der Waals surface area contributed by atoms with Gasteiger partial charge in [0.2, 0.25) is 6.08 Å². The number of ether oxygens (including phenoxy) is 1. The monoisotopic (exact) mass is 281 g/mol. The van der Waals surface area contributed by atoms with Gasteiger partial charge < -0.3 is 4.74 Å². The van der Waals surface area contributed by atoms with Crippen molar-refractivity contribution in [2.45, 2.75) is 29.7 Å². The van der Waals surface area contributed by atoms with E-state index in [4.69, 9.17) is 4.74 Å². The van der Waals surface area contributed by atoms with Crippen molar-refractivity contribution in [2.75, 3.05) is 13.4 Å². The second-order valence-electron chi connectivity index (χ2n) is 4.73. The molecule has 19 heavy (non-hydrogen) atoms. The third-order valence-electron chi connectivity index (χ3n) is 3.54. The summed E-state index contributed by atoms with van der Waals surface area (Å²) in [6, 6.07) is 4.91. The topological polar surface area (TPSA) is 72.8 Å². The Morgan fingerprint density at radius 3 is 2.47 bits per heavy atom. The van der Waals surface area contributed by atoms with Gasteiger partial charge in [0.15, 0.2) is 9.84 Å². The average molecular weight is 281 g/mol. The number of sulfone groups is 1. The van der Waals surface area contributed by atoms with Crippen LogP contribution in [0.2, 0.25) is 0 Å². The average Bonchev–Trinajstić information content (AvgIpc) is 2.32. The van der Waals surface area contributed by atoms with Gasteiger partial charge in [-0.2, -0.15) is 4.99 Å². The number of hydrogen-bond acceptors (Lipinski definition) is 5. The van der Waals surface area contributed by atoms with Crippen molar-refractivity contribution in [3.63, 3.8) is 0 Å². The summed E-state index contributed by atoms with van der Waals surface area (Å²) in [5.41, 5.74) is 0.122. The summed E-state index contributed by atoms with van der Waals surface area (Å²) in [6.07, 6.45) is 5.15. The van der Waals surface area contributed by atoms with E-state index in [2.05, 4.69) is 4.99 Å². The molecule has 0 spiro atoms. The fourth-order valence-corrected chi connectivity index (χ4v) is 3.18. The Balaban J connectivity index is 2.58. The zero-order valence-corrected chi connectivity index (χ0v) is 11.7. The largest absolute Gasteiger partial charge is 0.495 e. The van der Waals surface area contributed by atoms with E-state index in [0.29, 0.717) is 5.75 Å². The Hall–Kier alpha value is -1.65. The van der Waals surface area contributed by atoms with E-state index in [0.717, 1.165) is 31.1 Å². The van der Waals surface area contributed by atoms with Gasteiger partial charge in [-0.05, 0) is 37.0 Å². The van der Waals surface area contributed by atoms with Gasteiger partial charge in [-0.15, -0.1) is 0 Å². The molecular weight excluding hydrogens is 266 g/mol. The Bertz CT molecular complexity index is 641. The highest BCUT2D eigenvalue weighted by atomic mass is 32.2. The molecule has 0 atom stereocenters. The summed E-state index contributed by atoms with van der Waals surface area (Å²) < 4.78 is 28.6. The quantitative estimate of drug-likeness (QED) is 0.623. The van der Waals surface area contributed by atoms with E-state index in [9.17, 15) is 13.2 Å². The zero-order chi connectivity index (χ0) is 14.1. The van der Waals surface area contributed by atoms with Crippen LogP contribution in [0, 0.1) is 0 Å². The number of aliphatic imine (C=N–C) groups is 1. The molecule has 1 aliphatic carbocycles. The van der Waals surface area contributed by atoms with Crippen molar-refractivity contribution in [3.8, 4) is 5.75 Å². The molecule has 1 aromatic carbocycles. The van der Waals surface area contributed by atoms with Crippen LogP contribution in [0.1, 0.15) is 24.8 Å². The summed E-state index contributed by atoms with van der Waals surface area (Å²) in [7, 11) is -1.97. The Morgan fingerprint density at radius 2 is 2.05 bits per heavy atom. The summed E-state index contributed by atoms with van der Waals surface area (Å²) in [6.45, 7) is 0. The predicted octanol–water partition coefficient (Wildman–Crippen LogP) is 1.81. The molecule has 0 N–H and O–H groups in total. The molecule has 0 bridgehead atoms. The fraction of sp³-hybridized carbons (Fsp3) is 0.462. The minimum atomic E-state index is -3.39. The molecule has 0 unspecified atom stereocenters. The van der Waals surface area contributed by atoms with Crippen LogP contribution in [-0.4, -0.2) is 27.9 Å². The minimum Gasteiger partial charge on any atom is -0.495 e. The van der Waals surface area contributed by atoms with Gasteiger partial charge in [0.05, 0.1) is 12.6 Å². The van der Waals surface area contributed by atoms with E-state index in [1.54, 1.807) is 24.3 Å². The Morgan fingerprint density at radius 1 is 1.37 bits per heavy atom. The van der Waals surface area contributed by atoms with Crippen molar-refractivity contribution in [2.24, 2.45) is 4.99 Å². The number of carbonyl (C=O) groups excluding carboxylic acids is 1. The van der Waals surface area contributed by atoms with Crippen LogP contribution in [0.3, 0.4) is 0 Å². The molecule has 1 aromatic rings. The molecule has 0 radical (unpaired) electrons. The van der Waals surface area contributed by atoms with Crippen LogP contribution in [-0.2, 0) is 20.2 Å². The molecule has 1 fully saturated rings. The standard InChI is InChI=1S/C13H15NO4S/c1-18-11-5-4-10(8-12(11)19(2,16)17)13(14-9-15)6-3-7-13/h4-5,8H,3,6-7H2,1-2H3. The van der Waals surface area contributed by atoms with E-state index in [1.165, 1.54) is 7.11 Å². The lowest BCUT2D eigenvalue weighted by Crippen LogP contribution is -2.32. The van der Waals surface area contributed by atoms with Crippen LogP contribution >= 0.6 is 0 Å². The van der Waals surface area contributed by atoms with Crippen LogP contribution in [0.4, 0.5) is 0 Å². The summed E-state index contributed by atoms with van der Waals surface area (Å²) >= 11 is 0. The first-order valence-corrected chi connectivity index (χ1v) is 7.80. The number of rotatable bonds is 4. The first-order valence-electron chi connectivity index (χ1n) is 5.90. The molecule has 0 aliphatic heterocycles. The maximum Gasteiger partial charge on any atom is 0.235 e. The van der Waals surface area contributed by atoms with Gasteiger partial charge in [-0.25, -0.2) is 13.2 Å². The Kier molecular flexibility index (Phi) is 3.47. The molecule has 0 aromatic heterocycles. The molecule has 1 aliphatic rings. The van der Waals surface area contributed by atoms with E-state index in [-0.39, 0.29) is 4.90 Å². The van der Waals surface area contributed by atoms with Crippen LogP contribution in [0.15, 0.2) is 28.1 Å². The second-order valence-corrected chi connectivity index (χ2v) is 6.71. The second kappa shape index (κ2) is 4.79. The van der Waals surface area contributed by atoms with E-state index < -0.39 is 15.4 Å². The number of isocyanates is 1. The van der Waals surface area contributed by atoms with Crippen molar-refractivity contribution in [1.82, 2.24) is 0 Å². The van der Waals surface area contributed by atoms with Gasteiger partial charge in [0, 0.05) is 6.26 Å². The molecule has 2 rings (SSSR count). The molecular formula is C13H15NO4S. The summed E-state index contributed by atoms with van der Waals surface area (Å²) in [5, 5.41) is 0. The van der Waals surface area contributed by atoms with Gasteiger partial charge in [-0.3, -0.25) is 0 Å². The predicted molar refractivity (Wildman–Crippen MR) is 69.8 cm³/mol. The number of nitrogens with zero attached hydrogens (tertiary/aromatic N) is 1. The third-order valence-corrected chi connectivity index (χ3v) is 4.66. The van der Waals surface area contributed by atoms with Crippen molar-refractivity contribution in [1.29, 1.82) is 0 Å². The van der Waals surface area contributed by atoms with Gasteiger partial charge in [-0.1, -0.05) is 6.07 Å². The third kappa shape index (κ3) is 2.41. The highest BCUT2D eigenvalue weighted by molar-refractivity contribution is 7.90. The van der Waals surface area contributed by atoms with Gasteiger partial charge in [0.25, 0.3) is 0 Å². The maximum absolute atomic E-state index is 11.8. The van der Waals surface area contributed by atoms with Crippen molar-refractivity contribution in [3.05, 3.63) is 23.8 Å². The highest BCUT2D eigenvalue weighted by Crippen LogP contribution is 2.46. The van der Waals surface area contributed by atoms with Crippen molar-refractivity contribution >= 4 is 15.9 Å². The Labute approximate surface area is 112 Å².